The number of hydrogen-bond donors (Lipinski definition) is 2. The average Bonchev–Trinajstić information content (AvgIpc) is 2.73. The summed E-state index contributed by atoms with van der Waals surface area (Å²) in [6.45, 7) is 2.33. The summed E-state index contributed by atoms with van der Waals surface area (Å²) in [6, 6.07) is 7.54. The normalized spacial score (nSPS) is 21.5. The van der Waals surface area contributed by atoms with Crippen molar-refractivity contribution in [3.8, 4) is 5.75 Å². The molecule has 0 radical (unpaired) electrons. The predicted molar refractivity (Wildman–Crippen MR) is 111 cm³/mol. The first-order chi connectivity index (χ1) is 14.1. The van der Waals surface area contributed by atoms with Crippen LogP contribution in [0.15, 0.2) is 34.3 Å². The highest BCUT2D eigenvalue weighted by atomic mass is 16.5. The molecule has 0 aromatic heterocycles. The van der Waals surface area contributed by atoms with Crippen LogP contribution in [-0.2, 0) is 9.53 Å². The molecule has 9 heteroatoms. The van der Waals surface area contributed by atoms with E-state index in [0.717, 1.165) is 31.4 Å². The fourth-order valence-electron chi connectivity index (χ4n) is 4.26. The number of morpholine rings is 1. The Hall–Kier alpha value is -2.81. The summed E-state index contributed by atoms with van der Waals surface area (Å²) >= 11 is 0. The number of aliphatic imine (C=N–C) groups is 2. The fourth-order valence-corrected chi connectivity index (χ4v) is 4.26. The molecule has 0 unspecified atom stereocenters. The number of carbonyl (C=O) groups is 1. The van der Waals surface area contributed by atoms with E-state index in [2.05, 4.69) is 9.98 Å². The zero-order valence-corrected chi connectivity index (χ0v) is 16.5. The van der Waals surface area contributed by atoms with Crippen LogP contribution in [0.1, 0.15) is 32.1 Å². The molecule has 2 heterocycles. The second-order valence-electron chi connectivity index (χ2n) is 7.60. The van der Waals surface area contributed by atoms with Crippen molar-refractivity contribution in [3.63, 3.8) is 0 Å². The van der Waals surface area contributed by atoms with Gasteiger partial charge in [-0.25, -0.2) is 4.99 Å². The lowest BCUT2D eigenvalue weighted by atomic mass is 9.87. The van der Waals surface area contributed by atoms with E-state index in [-0.39, 0.29) is 18.5 Å². The van der Waals surface area contributed by atoms with E-state index < -0.39 is 5.66 Å². The van der Waals surface area contributed by atoms with Gasteiger partial charge in [0.25, 0.3) is 5.91 Å². The number of benzene rings is 1. The first-order valence-corrected chi connectivity index (χ1v) is 10.2. The molecule has 0 atom stereocenters. The highest BCUT2D eigenvalue weighted by Crippen LogP contribution is 2.40. The Kier molecular flexibility index (Phi) is 5.57. The monoisotopic (exact) mass is 400 g/mol. The van der Waals surface area contributed by atoms with Crippen molar-refractivity contribution in [1.29, 1.82) is 0 Å². The number of hydrogen-bond acceptors (Lipinski definition) is 8. The van der Waals surface area contributed by atoms with Crippen molar-refractivity contribution in [2.75, 3.05) is 37.8 Å². The summed E-state index contributed by atoms with van der Waals surface area (Å²) in [6.07, 6.45) is 5.03. The van der Waals surface area contributed by atoms with Crippen LogP contribution >= 0.6 is 0 Å². The van der Waals surface area contributed by atoms with Crippen LogP contribution in [0.4, 0.5) is 5.69 Å². The molecule has 156 valence electrons. The van der Waals surface area contributed by atoms with Gasteiger partial charge in [-0.05, 0) is 37.8 Å². The van der Waals surface area contributed by atoms with Crippen LogP contribution < -0.4 is 21.1 Å². The van der Waals surface area contributed by atoms with Gasteiger partial charge in [-0.1, -0.05) is 12.5 Å². The topological polar surface area (TPSA) is 119 Å². The molecule has 29 heavy (non-hydrogen) atoms. The van der Waals surface area contributed by atoms with Crippen molar-refractivity contribution in [1.82, 2.24) is 4.90 Å². The van der Waals surface area contributed by atoms with Gasteiger partial charge in [-0.3, -0.25) is 9.69 Å². The Morgan fingerprint density at radius 2 is 1.93 bits per heavy atom. The molecule has 1 aromatic carbocycles. The predicted octanol–water partition coefficient (Wildman–Crippen LogP) is 1.03. The summed E-state index contributed by atoms with van der Waals surface area (Å²) in [4.78, 5) is 24.9. The van der Waals surface area contributed by atoms with Gasteiger partial charge in [-0.2, -0.15) is 4.99 Å². The minimum atomic E-state index is -0.504. The fraction of sp³-hybridized carbons (Fsp3) is 0.550. The van der Waals surface area contributed by atoms with Gasteiger partial charge in [0.05, 0.1) is 13.2 Å². The van der Waals surface area contributed by atoms with E-state index in [0.29, 0.717) is 38.0 Å². The maximum absolute atomic E-state index is 12.4. The quantitative estimate of drug-likeness (QED) is 0.779. The maximum atomic E-state index is 12.4. The highest BCUT2D eigenvalue weighted by Gasteiger charge is 2.42. The lowest BCUT2D eigenvalue weighted by molar-refractivity contribution is -0.137. The van der Waals surface area contributed by atoms with Crippen LogP contribution in [0, 0.1) is 0 Å². The summed E-state index contributed by atoms with van der Waals surface area (Å²) in [7, 11) is 0. The van der Waals surface area contributed by atoms with E-state index in [4.69, 9.17) is 20.9 Å². The summed E-state index contributed by atoms with van der Waals surface area (Å²) in [5, 5.41) is 0. The lowest BCUT2D eigenvalue weighted by Crippen LogP contribution is -2.58. The Balaban J connectivity index is 1.51. The largest absolute Gasteiger partial charge is 0.484 e. The Labute approximate surface area is 170 Å². The smallest absolute Gasteiger partial charge is 0.260 e. The van der Waals surface area contributed by atoms with Gasteiger partial charge < -0.3 is 25.8 Å². The van der Waals surface area contributed by atoms with Crippen LogP contribution in [0.5, 0.6) is 5.75 Å². The standard InChI is InChI=1S/C20H28N6O3/c21-18-23-19(22)26(20(24-18)7-2-1-3-8-20)15-5-4-6-16(13-15)29-14-17(27)25-9-11-28-12-10-25/h4-6,13H,1-3,7-12,14H2,(H4,21,22,23,24). The zero-order valence-electron chi connectivity index (χ0n) is 16.5. The summed E-state index contributed by atoms with van der Waals surface area (Å²) < 4.78 is 11.1. The molecule has 3 aliphatic rings. The van der Waals surface area contributed by atoms with E-state index in [1.54, 1.807) is 4.90 Å². The molecule has 1 spiro atoms. The first kappa shape index (κ1) is 19.5. The molecular weight excluding hydrogens is 372 g/mol. The Bertz CT molecular complexity index is 812. The number of nitrogens with zero attached hydrogens (tertiary/aromatic N) is 4. The van der Waals surface area contributed by atoms with Crippen molar-refractivity contribution in [2.45, 2.75) is 37.8 Å². The van der Waals surface area contributed by atoms with E-state index >= 15 is 0 Å². The number of nitrogens with two attached hydrogens (primary N) is 2. The number of amides is 1. The lowest BCUT2D eigenvalue weighted by Gasteiger charge is -2.45. The maximum Gasteiger partial charge on any atom is 0.260 e. The van der Waals surface area contributed by atoms with Crippen molar-refractivity contribution >= 4 is 23.5 Å². The molecule has 1 aliphatic carbocycles. The summed E-state index contributed by atoms with van der Waals surface area (Å²) in [5.74, 6) is 1.12. The van der Waals surface area contributed by atoms with Gasteiger partial charge in [-0.15, -0.1) is 0 Å². The number of carbonyl (C=O) groups excluding carboxylic acids is 1. The van der Waals surface area contributed by atoms with E-state index in [1.807, 2.05) is 29.2 Å². The van der Waals surface area contributed by atoms with Crippen LogP contribution in [0.3, 0.4) is 0 Å². The second kappa shape index (κ2) is 8.28. The minimum absolute atomic E-state index is 0.0106. The molecule has 1 saturated heterocycles. The van der Waals surface area contributed by atoms with Crippen molar-refractivity contribution < 1.29 is 14.3 Å². The molecule has 1 saturated carbocycles. The van der Waals surface area contributed by atoms with Gasteiger partial charge in [0.15, 0.2) is 6.61 Å². The van der Waals surface area contributed by atoms with Gasteiger partial charge in [0, 0.05) is 24.8 Å². The molecule has 2 aliphatic heterocycles. The van der Waals surface area contributed by atoms with Crippen molar-refractivity contribution in [3.05, 3.63) is 24.3 Å². The zero-order chi connectivity index (χ0) is 20.3. The first-order valence-electron chi connectivity index (χ1n) is 10.2. The second-order valence-corrected chi connectivity index (χ2v) is 7.60. The van der Waals surface area contributed by atoms with Crippen molar-refractivity contribution in [2.24, 2.45) is 21.5 Å². The third kappa shape index (κ3) is 4.14. The van der Waals surface area contributed by atoms with Gasteiger partial charge >= 0.3 is 0 Å². The number of anilines is 1. The number of rotatable bonds is 4. The van der Waals surface area contributed by atoms with Crippen LogP contribution in [-0.4, -0.2) is 61.3 Å². The molecule has 1 aromatic rings. The van der Waals surface area contributed by atoms with E-state index in [1.165, 1.54) is 6.42 Å². The summed E-state index contributed by atoms with van der Waals surface area (Å²) in [5.41, 5.74) is 12.5. The van der Waals surface area contributed by atoms with E-state index in [9.17, 15) is 4.79 Å². The van der Waals surface area contributed by atoms with Gasteiger partial charge in [0.2, 0.25) is 11.9 Å². The Morgan fingerprint density at radius 1 is 1.17 bits per heavy atom. The van der Waals surface area contributed by atoms with Gasteiger partial charge in [0.1, 0.15) is 11.4 Å². The highest BCUT2D eigenvalue weighted by molar-refractivity contribution is 6.05. The molecular formula is C20H28N6O3. The third-order valence-corrected chi connectivity index (χ3v) is 5.65. The molecule has 4 rings (SSSR count). The SMILES string of the molecule is NC1=NC2(CCCCC2)N(c2cccc(OCC(=O)N3CCOCC3)c2)C(N)=N1. The van der Waals surface area contributed by atoms with Crippen LogP contribution in [0.25, 0.3) is 0 Å². The molecule has 2 fully saturated rings. The number of guanidine groups is 2. The van der Waals surface area contributed by atoms with Crippen LogP contribution in [0.2, 0.25) is 0 Å². The molecule has 4 N–H and O–H groups in total. The molecule has 1 amide bonds. The molecule has 0 bridgehead atoms. The number of ether oxygens (including phenoxy) is 2. The third-order valence-electron chi connectivity index (χ3n) is 5.65. The minimum Gasteiger partial charge on any atom is -0.484 e. The Morgan fingerprint density at radius 3 is 2.69 bits per heavy atom. The average molecular weight is 400 g/mol. The molecule has 9 nitrogen and oxygen atoms in total.